The Kier molecular flexibility index (Phi) is 4.48. The van der Waals surface area contributed by atoms with Crippen molar-refractivity contribution in [3.63, 3.8) is 0 Å². The van der Waals surface area contributed by atoms with E-state index in [1.54, 1.807) is 6.07 Å². The van der Waals surface area contributed by atoms with Gasteiger partial charge in [-0.25, -0.2) is 4.39 Å². The predicted molar refractivity (Wildman–Crippen MR) is 70.3 cm³/mol. The van der Waals surface area contributed by atoms with Gasteiger partial charge in [-0.15, -0.1) is 0 Å². The van der Waals surface area contributed by atoms with Crippen LogP contribution in [0.2, 0.25) is 0 Å². The number of halogens is 2. The molecule has 1 saturated heterocycles. The normalized spacial score (nSPS) is 20.9. The number of carbonyl (C=O) groups excluding carboxylic acids is 1. The summed E-state index contributed by atoms with van der Waals surface area (Å²) in [5, 5.41) is 0. The molecule has 0 N–H and O–H groups in total. The van der Waals surface area contributed by atoms with Gasteiger partial charge in [-0.3, -0.25) is 9.69 Å². The summed E-state index contributed by atoms with van der Waals surface area (Å²) in [6.07, 6.45) is -0.567. The summed E-state index contributed by atoms with van der Waals surface area (Å²) in [5.74, 6) is -0.785. The van der Waals surface area contributed by atoms with Crippen molar-refractivity contribution in [3.8, 4) is 0 Å². The lowest BCUT2D eigenvalue weighted by molar-refractivity contribution is -0.0150. The molecule has 0 saturated carbocycles. The van der Waals surface area contributed by atoms with E-state index in [0.29, 0.717) is 17.6 Å². The number of Topliss-reactive ketones (excluding diaryl/α,β-unsaturated/α-hetero) is 1. The van der Waals surface area contributed by atoms with Crippen molar-refractivity contribution in [1.82, 2.24) is 4.90 Å². The SMILES string of the molecule is CCN1CCOC(C(=O)c2cc(Br)ccc2F)C1. The average Bonchev–Trinajstić information content (AvgIpc) is 2.41. The monoisotopic (exact) mass is 315 g/mol. The molecule has 2 rings (SSSR count). The summed E-state index contributed by atoms with van der Waals surface area (Å²) in [6.45, 7) is 4.77. The van der Waals surface area contributed by atoms with Crippen molar-refractivity contribution in [3.05, 3.63) is 34.1 Å². The predicted octanol–water partition coefficient (Wildman–Crippen LogP) is 2.49. The van der Waals surface area contributed by atoms with Crippen LogP contribution in [0.4, 0.5) is 4.39 Å². The molecule has 1 atom stereocenters. The van der Waals surface area contributed by atoms with E-state index in [4.69, 9.17) is 4.74 Å². The number of likely N-dealkylation sites (N-methyl/N-ethyl adjacent to an activating group) is 1. The van der Waals surface area contributed by atoms with Gasteiger partial charge >= 0.3 is 0 Å². The smallest absolute Gasteiger partial charge is 0.195 e. The number of carbonyl (C=O) groups is 1. The second-order valence-corrected chi connectivity index (χ2v) is 5.16. The molecule has 0 amide bonds. The fraction of sp³-hybridized carbons (Fsp3) is 0.462. The Morgan fingerprint density at radius 1 is 1.61 bits per heavy atom. The number of hydrogen-bond donors (Lipinski definition) is 0. The van der Waals surface area contributed by atoms with Gasteiger partial charge in [0.1, 0.15) is 11.9 Å². The van der Waals surface area contributed by atoms with E-state index in [9.17, 15) is 9.18 Å². The van der Waals surface area contributed by atoms with E-state index < -0.39 is 11.9 Å². The standard InChI is InChI=1S/C13H15BrFNO2/c1-2-16-5-6-18-12(8-16)13(17)10-7-9(14)3-4-11(10)15/h3-4,7,12H,2,5-6,8H2,1H3. The summed E-state index contributed by atoms with van der Waals surface area (Å²) >= 11 is 3.24. The van der Waals surface area contributed by atoms with Crippen molar-refractivity contribution in [2.45, 2.75) is 13.0 Å². The second kappa shape index (κ2) is 5.91. The number of ketones is 1. The Morgan fingerprint density at radius 2 is 2.39 bits per heavy atom. The molecular weight excluding hydrogens is 301 g/mol. The maximum Gasteiger partial charge on any atom is 0.195 e. The minimum atomic E-state index is -0.567. The number of benzene rings is 1. The number of hydrogen-bond acceptors (Lipinski definition) is 3. The third kappa shape index (κ3) is 2.96. The molecule has 1 aromatic rings. The van der Waals surface area contributed by atoms with E-state index in [2.05, 4.69) is 20.8 Å². The van der Waals surface area contributed by atoms with Gasteiger partial charge in [-0.05, 0) is 24.7 Å². The summed E-state index contributed by atoms with van der Waals surface area (Å²) in [4.78, 5) is 14.3. The number of rotatable bonds is 3. The number of morpholine rings is 1. The Labute approximate surface area is 114 Å². The van der Waals surface area contributed by atoms with E-state index in [1.807, 2.05) is 6.92 Å². The van der Waals surface area contributed by atoms with Gasteiger partial charge in [-0.1, -0.05) is 22.9 Å². The fourth-order valence-electron chi connectivity index (χ4n) is 2.01. The molecule has 0 bridgehead atoms. The van der Waals surface area contributed by atoms with Gasteiger partial charge in [0.15, 0.2) is 5.78 Å². The molecule has 1 fully saturated rings. The number of ether oxygens (including phenoxy) is 1. The van der Waals surface area contributed by atoms with Gasteiger partial charge < -0.3 is 4.74 Å². The van der Waals surface area contributed by atoms with Crippen LogP contribution in [-0.4, -0.2) is 43.0 Å². The van der Waals surface area contributed by atoms with Crippen molar-refractivity contribution >= 4 is 21.7 Å². The molecule has 1 aliphatic heterocycles. The zero-order valence-corrected chi connectivity index (χ0v) is 11.7. The van der Waals surface area contributed by atoms with Crippen molar-refractivity contribution in [2.24, 2.45) is 0 Å². The van der Waals surface area contributed by atoms with Crippen LogP contribution in [0.3, 0.4) is 0 Å². The molecule has 18 heavy (non-hydrogen) atoms. The van der Waals surface area contributed by atoms with E-state index in [1.165, 1.54) is 12.1 Å². The minimum absolute atomic E-state index is 0.0901. The first-order chi connectivity index (χ1) is 8.61. The molecular formula is C13H15BrFNO2. The molecule has 1 aromatic carbocycles. The van der Waals surface area contributed by atoms with Crippen LogP contribution in [0.1, 0.15) is 17.3 Å². The lowest BCUT2D eigenvalue weighted by atomic mass is 10.0. The average molecular weight is 316 g/mol. The maximum atomic E-state index is 13.6. The first kappa shape index (κ1) is 13.6. The Bertz CT molecular complexity index is 453. The molecule has 0 aliphatic carbocycles. The molecule has 3 nitrogen and oxygen atoms in total. The van der Waals surface area contributed by atoms with Crippen molar-refractivity contribution in [1.29, 1.82) is 0 Å². The van der Waals surface area contributed by atoms with Crippen LogP contribution in [0.5, 0.6) is 0 Å². The summed E-state index contributed by atoms with van der Waals surface area (Å²) in [6, 6.07) is 4.37. The van der Waals surface area contributed by atoms with Crippen LogP contribution < -0.4 is 0 Å². The maximum absolute atomic E-state index is 13.6. The zero-order chi connectivity index (χ0) is 13.1. The van der Waals surface area contributed by atoms with Crippen molar-refractivity contribution in [2.75, 3.05) is 26.2 Å². The molecule has 98 valence electrons. The summed E-state index contributed by atoms with van der Waals surface area (Å²) in [7, 11) is 0. The van der Waals surface area contributed by atoms with Crippen LogP contribution in [-0.2, 0) is 4.74 Å². The highest BCUT2D eigenvalue weighted by atomic mass is 79.9. The van der Waals surface area contributed by atoms with Crippen LogP contribution in [0.15, 0.2) is 22.7 Å². The number of nitrogens with zero attached hydrogens (tertiary/aromatic N) is 1. The highest BCUT2D eigenvalue weighted by Gasteiger charge is 2.28. The molecule has 1 heterocycles. The molecule has 0 aromatic heterocycles. The largest absolute Gasteiger partial charge is 0.367 e. The summed E-state index contributed by atoms with van der Waals surface area (Å²) < 4.78 is 19.8. The van der Waals surface area contributed by atoms with Crippen LogP contribution in [0.25, 0.3) is 0 Å². The first-order valence-corrected chi connectivity index (χ1v) is 6.74. The highest BCUT2D eigenvalue weighted by molar-refractivity contribution is 9.10. The quantitative estimate of drug-likeness (QED) is 0.803. The topological polar surface area (TPSA) is 29.5 Å². The van der Waals surface area contributed by atoms with E-state index in [0.717, 1.165) is 13.1 Å². The Morgan fingerprint density at radius 3 is 3.11 bits per heavy atom. The van der Waals surface area contributed by atoms with Crippen LogP contribution >= 0.6 is 15.9 Å². The molecule has 1 aliphatic rings. The van der Waals surface area contributed by atoms with Gasteiger partial charge in [0.2, 0.25) is 0 Å². The molecule has 5 heteroatoms. The zero-order valence-electron chi connectivity index (χ0n) is 10.2. The van der Waals surface area contributed by atoms with Gasteiger partial charge in [0.25, 0.3) is 0 Å². The molecule has 0 radical (unpaired) electrons. The Hall–Kier alpha value is -0.780. The first-order valence-electron chi connectivity index (χ1n) is 5.95. The fourth-order valence-corrected chi connectivity index (χ4v) is 2.37. The Balaban J connectivity index is 2.17. The van der Waals surface area contributed by atoms with Crippen LogP contribution in [0, 0.1) is 5.82 Å². The lowest BCUT2D eigenvalue weighted by Crippen LogP contribution is -2.46. The highest BCUT2D eigenvalue weighted by Crippen LogP contribution is 2.19. The van der Waals surface area contributed by atoms with E-state index >= 15 is 0 Å². The summed E-state index contributed by atoms with van der Waals surface area (Å²) in [5.41, 5.74) is 0.0901. The minimum Gasteiger partial charge on any atom is -0.367 e. The van der Waals surface area contributed by atoms with E-state index in [-0.39, 0.29) is 11.3 Å². The molecule has 1 unspecified atom stereocenters. The third-order valence-corrected chi connectivity index (χ3v) is 3.58. The van der Waals surface area contributed by atoms with Gasteiger partial charge in [0.05, 0.1) is 12.2 Å². The van der Waals surface area contributed by atoms with Gasteiger partial charge in [0, 0.05) is 17.6 Å². The van der Waals surface area contributed by atoms with Crippen molar-refractivity contribution < 1.29 is 13.9 Å². The lowest BCUT2D eigenvalue weighted by Gasteiger charge is -2.31. The second-order valence-electron chi connectivity index (χ2n) is 4.24. The third-order valence-electron chi connectivity index (χ3n) is 3.08. The molecule has 0 spiro atoms. The van der Waals surface area contributed by atoms with Gasteiger partial charge in [-0.2, -0.15) is 0 Å².